The topological polar surface area (TPSA) is 163 Å². The maximum absolute atomic E-state index is 13.6. The van der Waals surface area contributed by atoms with Gasteiger partial charge in [0.05, 0.1) is 31.3 Å². The van der Waals surface area contributed by atoms with Gasteiger partial charge in [-0.15, -0.1) is 0 Å². The van der Waals surface area contributed by atoms with E-state index in [2.05, 4.69) is 15.2 Å². The predicted molar refractivity (Wildman–Crippen MR) is 160 cm³/mol. The Bertz CT molecular complexity index is 1530. The number of nitrogens with zero attached hydrogens (tertiary/aromatic N) is 3. The van der Waals surface area contributed by atoms with Gasteiger partial charge in [0.1, 0.15) is 23.5 Å². The number of nitrogens with one attached hydrogen (secondary N) is 1. The van der Waals surface area contributed by atoms with Crippen LogP contribution >= 0.6 is 0 Å². The van der Waals surface area contributed by atoms with E-state index >= 15 is 0 Å². The number of halogens is 1. The zero-order valence-corrected chi connectivity index (χ0v) is 24.2. The first-order valence-corrected chi connectivity index (χ1v) is 14.7. The molecule has 10 nitrogen and oxygen atoms in total. The van der Waals surface area contributed by atoms with Crippen LogP contribution in [0.1, 0.15) is 59.5 Å². The maximum Gasteiger partial charge on any atom is 0.233 e. The minimum atomic E-state index is -1.62. The van der Waals surface area contributed by atoms with E-state index in [9.17, 15) is 34.7 Å². The van der Waals surface area contributed by atoms with E-state index in [1.165, 1.54) is 30.6 Å². The molecule has 2 heterocycles. The van der Waals surface area contributed by atoms with Gasteiger partial charge in [-0.25, -0.2) is 9.37 Å². The summed E-state index contributed by atoms with van der Waals surface area (Å²) >= 11 is 0. The highest BCUT2D eigenvalue weighted by Crippen LogP contribution is 2.48. The largest absolute Gasteiger partial charge is 0.508 e. The van der Waals surface area contributed by atoms with Gasteiger partial charge in [0, 0.05) is 17.7 Å². The number of carbonyl (C=O) groups is 1. The van der Waals surface area contributed by atoms with Crippen LogP contribution in [0.2, 0.25) is 0 Å². The number of aliphatic hydroxyl groups is 4. The highest BCUT2D eigenvalue weighted by molar-refractivity contribution is 6.03. The molecule has 0 saturated carbocycles. The number of phenolic OH excluding ortho intramolecular Hbond substituents is 1. The maximum atomic E-state index is 13.6. The smallest absolute Gasteiger partial charge is 0.233 e. The molecule has 1 aliphatic rings. The van der Waals surface area contributed by atoms with Crippen molar-refractivity contribution in [2.75, 3.05) is 18.1 Å². The quantitative estimate of drug-likeness (QED) is 0.119. The van der Waals surface area contributed by atoms with Gasteiger partial charge in [-0.3, -0.25) is 9.89 Å². The number of aromatic nitrogens is 3. The SMILES string of the molecule is O=C1[C@H](CC[C@H](O)c2ccc(F)cc2)[C@@H](c2ccc(CCC(O)(CO)CO)cc2O)N1c1ccc(CCc2nc[nH]n2)cc1. The Labute approximate surface area is 254 Å². The van der Waals surface area contributed by atoms with Crippen molar-refractivity contribution in [3.05, 3.63) is 107 Å². The molecule has 3 aromatic carbocycles. The number of hydrogen-bond donors (Lipinski definition) is 6. The number of aromatic hydroxyl groups is 1. The second-order valence-electron chi connectivity index (χ2n) is 11.4. The normalized spacial score (nSPS) is 17.5. The fourth-order valence-electron chi connectivity index (χ4n) is 5.68. The number of anilines is 1. The van der Waals surface area contributed by atoms with Gasteiger partial charge in [0.15, 0.2) is 5.82 Å². The number of H-pyrrole nitrogens is 1. The van der Waals surface area contributed by atoms with Crippen molar-refractivity contribution in [1.82, 2.24) is 15.2 Å². The second kappa shape index (κ2) is 13.6. The van der Waals surface area contributed by atoms with E-state index in [-0.39, 0.29) is 24.5 Å². The summed E-state index contributed by atoms with van der Waals surface area (Å²) in [6.07, 6.45) is 3.06. The molecule has 0 aliphatic carbocycles. The Morgan fingerprint density at radius 1 is 0.955 bits per heavy atom. The first kappa shape index (κ1) is 31.3. The van der Waals surface area contributed by atoms with Gasteiger partial charge in [-0.2, -0.15) is 5.10 Å². The fraction of sp³-hybridized carbons (Fsp3) is 0.364. The molecule has 0 spiro atoms. The Kier molecular flexibility index (Phi) is 9.70. The van der Waals surface area contributed by atoms with Crippen LogP contribution in [0.4, 0.5) is 10.1 Å². The lowest BCUT2D eigenvalue weighted by Gasteiger charge is -2.48. The van der Waals surface area contributed by atoms with Gasteiger partial charge in [0.2, 0.25) is 5.91 Å². The van der Waals surface area contributed by atoms with E-state index < -0.39 is 42.7 Å². The van der Waals surface area contributed by atoms with Crippen molar-refractivity contribution in [3.8, 4) is 5.75 Å². The number of carbonyl (C=O) groups excluding carboxylic acids is 1. The summed E-state index contributed by atoms with van der Waals surface area (Å²) in [6.45, 7) is -1.17. The van der Waals surface area contributed by atoms with Crippen molar-refractivity contribution in [3.63, 3.8) is 0 Å². The molecule has 0 radical (unpaired) electrons. The molecule has 1 fully saturated rings. The number of amides is 1. The monoisotopic (exact) mass is 604 g/mol. The number of hydrogen-bond acceptors (Lipinski definition) is 8. The number of β-lactam (4-membered cyclic amide) rings is 1. The molecule has 1 aromatic heterocycles. The van der Waals surface area contributed by atoms with E-state index in [0.29, 0.717) is 47.5 Å². The van der Waals surface area contributed by atoms with Gasteiger partial charge >= 0.3 is 0 Å². The number of phenols is 1. The van der Waals surface area contributed by atoms with Crippen LogP contribution in [0.5, 0.6) is 5.75 Å². The molecule has 1 saturated heterocycles. The molecule has 3 atom stereocenters. The second-order valence-corrected chi connectivity index (χ2v) is 11.4. The molecule has 1 aliphatic heterocycles. The van der Waals surface area contributed by atoms with Crippen molar-refractivity contribution in [2.24, 2.45) is 5.92 Å². The Hall–Kier alpha value is -4.16. The molecule has 0 unspecified atom stereocenters. The Morgan fingerprint density at radius 3 is 2.30 bits per heavy atom. The number of benzene rings is 3. The zero-order valence-electron chi connectivity index (χ0n) is 24.2. The van der Waals surface area contributed by atoms with Crippen LogP contribution in [0, 0.1) is 11.7 Å². The van der Waals surface area contributed by atoms with Crippen LogP contribution < -0.4 is 4.90 Å². The Morgan fingerprint density at radius 2 is 1.66 bits per heavy atom. The first-order chi connectivity index (χ1) is 21.2. The molecule has 232 valence electrons. The van der Waals surface area contributed by atoms with Crippen molar-refractivity contribution >= 4 is 11.6 Å². The van der Waals surface area contributed by atoms with Crippen molar-refractivity contribution in [2.45, 2.75) is 56.3 Å². The third-order valence-corrected chi connectivity index (χ3v) is 8.42. The van der Waals surface area contributed by atoms with Crippen LogP contribution in [0.3, 0.4) is 0 Å². The number of aromatic amines is 1. The number of rotatable bonds is 14. The molecule has 6 N–H and O–H groups in total. The third kappa shape index (κ3) is 6.97. The van der Waals surface area contributed by atoms with Crippen LogP contribution in [0.15, 0.2) is 73.1 Å². The number of aliphatic hydroxyl groups excluding tert-OH is 3. The van der Waals surface area contributed by atoms with E-state index in [4.69, 9.17) is 0 Å². The molecule has 1 amide bonds. The van der Waals surface area contributed by atoms with Crippen LogP contribution in [-0.2, 0) is 24.1 Å². The fourth-order valence-corrected chi connectivity index (χ4v) is 5.68. The highest BCUT2D eigenvalue weighted by atomic mass is 19.1. The summed E-state index contributed by atoms with van der Waals surface area (Å²) in [4.78, 5) is 19.4. The van der Waals surface area contributed by atoms with Crippen molar-refractivity contribution in [1.29, 1.82) is 0 Å². The standard InChI is InChI=1S/C33H37FN4O6/c34-24-7-5-23(6-8-24)28(41)13-12-27-31(26-11-3-22(17-29(26)42)15-16-33(44,18-39)19-40)38(32(27)43)25-9-1-21(2-10-25)4-14-30-35-20-36-37-30/h1-3,5-11,17,20,27-28,31,39-42,44H,4,12-16,18-19H2,(H,35,36,37)/t27-,28+,31-/m1/s1. The van der Waals surface area contributed by atoms with Crippen LogP contribution in [0.25, 0.3) is 0 Å². The lowest BCUT2D eigenvalue weighted by atomic mass is 9.77. The molecule has 4 aromatic rings. The molecular formula is C33H37FN4O6. The minimum Gasteiger partial charge on any atom is -0.508 e. The number of aryl methyl sites for hydroxylation is 3. The lowest BCUT2D eigenvalue weighted by Crippen LogP contribution is -2.55. The van der Waals surface area contributed by atoms with Gasteiger partial charge < -0.3 is 30.4 Å². The van der Waals surface area contributed by atoms with Crippen molar-refractivity contribution < 1.29 is 34.7 Å². The summed E-state index contributed by atoms with van der Waals surface area (Å²) in [7, 11) is 0. The summed E-state index contributed by atoms with van der Waals surface area (Å²) in [5.74, 6) is -0.343. The minimum absolute atomic E-state index is 0.0197. The first-order valence-electron chi connectivity index (χ1n) is 14.7. The molecule has 0 bridgehead atoms. The molecule has 5 rings (SSSR count). The van der Waals surface area contributed by atoms with Gasteiger partial charge in [0.25, 0.3) is 0 Å². The zero-order chi connectivity index (χ0) is 31.3. The van der Waals surface area contributed by atoms with E-state index in [1.54, 1.807) is 23.1 Å². The summed E-state index contributed by atoms with van der Waals surface area (Å²) in [6, 6.07) is 17.9. The molecular weight excluding hydrogens is 567 g/mol. The average molecular weight is 605 g/mol. The summed E-state index contributed by atoms with van der Waals surface area (Å²) in [5.41, 5.74) is 1.91. The third-order valence-electron chi connectivity index (χ3n) is 8.42. The van der Waals surface area contributed by atoms with Gasteiger partial charge in [-0.05, 0) is 79.1 Å². The van der Waals surface area contributed by atoms with E-state index in [0.717, 1.165) is 12.0 Å². The van der Waals surface area contributed by atoms with E-state index in [1.807, 2.05) is 24.3 Å². The lowest BCUT2D eigenvalue weighted by molar-refractivity contribution is -0.131. The summed E-state index contributed by atoms with van der Waals surface area (Å²) < 4.78 is 13.4. The van der Waals surface area contributed by atoms with Crippen LogP contribution in [-0.4, -0.2) is 65.4 Å². The molecule has 44 heavy (non-hydrogen) atoms. The Balaban J connectivity index is 1.35. The molecule has 11 heteroatoms. The highest BCUT2D eigenvalue weighted by Gasteiger charge is 2.49. The van der Waals surface area contributed by atoms with Gasteiger partial charge in [-0.1, -0.05) is 36.4 Å². The average Bonchev–Trinajstić information content (AvgIpc) is 3.56. The predicted octanol–water partition coefficient (Wildman–Crippen LogP) is 3.30. The summed E-state index contributed by atoms with van der Waals surface area (Å²) in [5, 5.41) is 57.7.